The average molecular weight is 245 g/mol. The number of ether oxygens (including phenoxy) is 1. The molecule has 0 amide bonds. The lowest BCUT2D eigenvalue weighted by Gasteiger charge is -2.17. The quantitative estimate of drug-likeness (QED) is 0.746. The predicted molar refractivity (Wildman–Crippen MR) is 76.8 cm³/mol. The van der Waals surface area contributed by atoms with E-state index in [0.717, 1.165) is 31.6 Å². The van der Waals surface area contributed by atoms with Crippen LogP contribution < -0.4 is 10.1 Å². The Hall–Kier alpha value is -1.46. The molecule has 1 aromatic rings. The Balaban J connectivity index is 2.59. The van der Waals surface area contributed by atoms with E-state index in [1.165, 1.54) is 5.56 Å². The van der Waals surface area contributed by atoms with Crippen molar-refractivity contribution in [1.82, 2.24) is 5.32 Å². The van der Waals surface area contributed by atoms with Crippen LogP contribution in [0.25, 0.3) is 0 Å². The molecule has 1 atom stereocenters. The van der Waals surface area contributed by atoms with E-state index in [0.29, 0.717) is 6.04 Å². The van der Waals surface area contributed by atoms with Gasteiger partial charge in [-0.05, 0) is 44.0 Å². The molecule has 0 aromatic heterocycles. The largest absolute Gasteiger partial charge is 0.497 e. The minimum Gasteiger partial charge on any atom is -0.497 e. The van der Waals surface area contributed by atoms with E-state index in [1.54, 1.807) is 7.11 Å². The van der Waals surface area contributed by atoms with Gasteiger partial charge in [0.25, 0.3) is 0 Å². The van der Waals surface area contributed by atoms with Gasteiger partial charge < -0.3 is 10.1 Å². The van der Waals surface area contributed by atoms with E-state index in [9.17, 15) is 0 Å². The van der Waals surface area contributed by atoms with E-state index in [-0.39, 0.29) is 0 Å². The number of likely N-dealkylation sites (N-methyl/N-ethyl adjacent to an activating group) is 1. The van der Waals surface area contributed by atoms with E-state index in [2.05, 4.69) is 36.2 Å². The molecule has 1 rings (SSSR count). The number of hydrogen-bond donors (Lipinski definition) is 1. The highest BCUT2D eigenvalue weighted by Crippen LogP contribution is 2.15. The molecule has 1 unspecified atom stereocenters. The Morgan fingerprint density at radius 1 is 1.39 bits per heavy atom. The smallest absolute Gasteiger partial charge is 0.119 e. The molecule has 0 radical (unpaired) electrons. The summed E-state index contributed by atoms with van der Waals surface area (Å²) in [5.74, 6) is 7.01. The minimum absolute atomic E-state index is 0.489. The molecule has 0 aliphatic heterocycles. The lowest BCUT2D eigenvalue weighted by molar-refractivity contribution is 0.413. The first-order valence-corrected chi connectivity index (χ1v) is 6.56. The van der Waals surface area contributed by atoms with Crippen LogP contribution in [0.15, 0.2) is 24.3 Å². The van der Waals surface area contributed by atoms with Gasteiger partial charge in [-0.1, -0.05) is 19.1 Å². The number of methoxy groups -OCH3 is 1. The molecule has 0 bridgehead atoms. The summed E-state index contributed by atoms with van der Waals surface area (Å²) in [4.78, 5) is 0. The highest BCUT2D eigenvalue weighted by Gasteiger charge is 2.08. The Morgan fingerprint density at radius 3 is 2.89 bits per heavy atom. The van der Waals surface area contributed by atoms with Gasteiger partial charge in [-0.15, -0.1) is 11.8 Å². The van der Waals surface area contributed by atoms with Crippen LogP contribution in [0.4, 0.5) is 0 Å². The summed E-state index contributed by atoms with van der Waals surface area (Å²) in [6.45, 7) is 5.03. The summed E-state index contributed by atoms with van der Waals surface area (Å²) in [6, 6.07) is 8.77. The van der Waals surface area contributed by atoms with Gasteiger partial charge in [0, 0.05) is 12.5 Å². The molecule has 0 saturated carbocycles. The monoisotopic (exact) mass is 245 g/mol. The standard InChI is InChI=1S/C16H23NO/c1-4-6-7-10-15(17-5-2)12-14-9-8-11-16(13-14)18-3/h8-9,11,13,15,17H,5,7,10,12H2,1-3H3. The van der Waals surface area contributed by atoms with Crippen molar-refractivity contribution in [3.8, 4) is 17.6 Å². The fourth-order valence-electron chi connectivity index (χ4n) is 2.02. The molecule has 98 valence electrons. The number of hydrogen-bond acceptors (Lipinski definition) is 2. The van der Waals surface area contributed by atoms with Crippen molar-refractivity contribution in [2.75, 3.05) is 13.7 Å². The molecule has 1 N–H and O–H groups in total. The maximum absolute atomic E-state index is 5.25. The second kappa shape index (κ2) is 8.60. The molecular weight excluding hydrogens is 222 g/mol. The summed E-state index contributed by atoms with van der Waals surface area (Å²) in [5, 5.41) is 3.52. The number of rotatable bonds is 7. The van der Waals surface area contributed by atoms with E-state index >= 15 is 0 Å². The van der Waals surface area contributed by atoms with Crippen LogP contribution >= 0.6 is 0 Å². The van der Waals surface area contributed by atoms with Gasteiger partial charge >= 0.3 is 0 Å². The Kier molecular flexibility index (Phi) is 6.98. The number of benzene rings is 1. The zero-order valence-electron chi connectivity index (χ0n) is 11.6. The van der Waals surface area contributed by atoms with Crippen LogP contribution in [-0.2, 0) is 6.42 Å². The molecule has 0 aliphatic rings. The van der Waals surface area contributed by atoms with Gasteiger partial charge in [-0.3, -0.25) is 0 Å². The van der Waals surface area contributed by atoms with Gasteiger partial charge in [0.15, 0.2) is 0 Å². The minimum atomic E-state index is 0.489. The zero-order chi connectivity index (χ0) is 13.2. The van der Waals surface area contributed by atoms with Gasteiger partial charge in [0.1, 0.15) is 5.75 Å². The molecule has 0 spiro atoms. The summed E-state index contributed by atoms with van der Waals surface area (Å²) in [5.41, 5.74) is 1.31. The summed E-state index contributed by atoms with van der Waals surface area (Å²) in [6.07, 6.45) is 3.07. The maximum atomic E-state index is 5.25. The Morgan fingerprint density at radius 2 is 2.22 bits per heavy atom. The Bertz CT molecular complexity index is 403. The second-order valence-electron chi connectivity index (χ2n) is 4.28. The van der Waals surface area contributed by atoms with Crippen molar-refractivity contribution in [1.29, 1.82) is 0 Å². The van der Waals surface area contributed by atoms with Crippen LogP contribution in [0.2, 0.25) is 0 Å². The van der Waals surface area contributed by atoms with Crippen LogP contribution in [0, 0.1) is 11.8 Å². The van der Waals surface area contributed by atoms with E-state index in [4.69, 9.17) is 4.74 Å². The lowest BCUT2D eigenvalue weighted by Crippen LogP contribution is -2.30. The van der Waals surface area contributed by atoms with Gasteiger partial charge in [-0.2, -0.15) is 0 Å². The average Bonchev–Trinajstić information content (AvgIpc) is 2.39. The second-order valence-corrected chi connectivity index (χ2v) is 4.28. The van der Waals surface area contributed by atoms with Crippen molar-refractivity contribution in [3.05, 3.63) is 29.8 Å². The first-order chi connectivity index (χ1) is 8.80. The van der Waals surface area contributed by atoms with Crippen LogP contribution in [0.5, 0.6) is 5.75 Å². The molecule has 1 aromatic carbocycles. The molecule has 0 saturated heterocycles. The molecule has 0 fully saturated rings. The SMILES string of the molecule is CC#CCCC(Cc1cccc(OC)c1)NCC. The molecule has 0 heterocycles. The van der Waals surface area contributed by atoms with Crippen LogP contribution in [0.3, 0.4) is 0 Å². The Labute approximate surface area is 111 Å². The van der Waals surface area contributed by atoms with Gasteiger partial charge in [0.05, 0.1) is 7.11 Å². The highest BCUT2D eigenvalue weighted by molar-refractivity contribution is 5.29. The normalized spacial score (nSPS) is 11.5. The third kappa shape index (κ3) is 5.25. The van der Waals surface area contributed by atoms with Gasteiger partial charge in [0.2, 0.25) is 0 Å². The number of nitrogens with one attached hydrogen (secondary N) is 1. The fourth-order valence-corrected chi connectivity index (χ4v) is 2.02. The summed E-state index contributed by atoms with van der Waals surface area (Å²) < 4.78 is 5.25. The van der Waals surface area contributed by atoms with Crippen molar-refractivity contribution in [2.24, 2.45) is 0 Å². The summed E-state index contributed by atoms with van der Waals surface area (Å²) in [7, 11) is 1.71. The first-order valence-electron chi connectivity index (χ1n) is 6.56. The van der Waals surface area contributed by atoms with Crippen molar-refractivity contribution < 1.29 is 4.74 Å². The van der Waals surface area contributed by atoms with Crippen LogP contribution in [0.1, 0.15) is 32.3 Å². The third-order valence-corrected chi connectivity index (χ3v) is 2.90. The van der Waals surface area contributed by atoms with E-state index in [1.807, 2.05) is 19.1 Å². The highest BCUT2D eigenvalue weighted by atomic mass is 16.5. The molecule has 2 heteroatoms. The van der Waals surface area contributed by atoms with Crippen molar-refractivity contribution in [2.45, 2.75) is 39.2 Å². The molecule has 0 aliphatic carbocycles. The third-order valence-electron chi connectivity index (χ3n) is 2.90. The summed E-state index contributed by atoms with van der Waals surface area (Å²) >= 11 is 0. The maximum Gasteiger partial charge on any atom is 0.119 e. The van der Waals surface area contributed by atoms with Crippen LogP contribution in [-0.4, -0.2) is 19.7 Å². The van der Waals surface area contributed by atoms with Crippen molar-refractivity contribution in [3.63, 3.8) is 0 Å². The van der Waals surface area contributed by atoms with E-state index < -0.39 is 0 Å². The lowest BCUT2D eigenvalue weighted by atomic mass is 10.0. The molecular formula is C16H23NO. The zero-order valence-corrected chi connectivity index (χ0v) is 11.6. The fraction of sp³-hybridized carbons (Fsp3) is 0.500. The predicted octanol–water partition coefficient (Wildman–Crippen LogP) is 3.02. The first kappa shape index (κ1) is 14.6. The molecule has 18 heavy (non-hydrogen) atoms. The van der Waals surface area contributed by atoms with Gasteiger partial charge in [-0.25, -0.2) is 0 Å². The topological polar surface area (TPSA) is 21.3 Å². The van der Waals surface area contributed by atoms with Crippen molar-refractivity contribution >= 4 is 0 Å². The molecule has 2 nitrogen and oxygen atoms in total.